The van der Waals surface area contributed by atoms with Crippen LogP contribution < -0.4 is 5.32 Å². The number of nitrogens with one attached hydrogen (secondary N) is 1. The molecule has 6 nitrogen and oxygen atoms in total. The molecule has 1 amide bonds. The summed E-state index contributed by atoms with van der Waals surface area (Å²) in [5.74, 6) is 0.0323. The van der Waals surface area contributed by atoms with Crippen molar-refractivity contribution < 1.29 is 18.7 Å². The van der Waals surface area contributed by atoms with Gasteiger partial charge in [0.25, 0.3) is 0 Å². The highest BCUT2D eigenvalue weighted by molar-refractivity contribution is 6.06. The average Bonchev–Trinajstić information content (AvgIpc) is 3.25. The lowest BCUT2D eigenvalue weighted by atomic mass is 9.79. The summed E-state index contributed by atoms with van der Waals surface area (Å²) in [6.07, 6.45) is 3.85. The molecule has 2 aromatic heterocycles. The van der Waals surface area contributed by atoms with Crippen LogP contribution in [0.25, 0.3) is 11.1 Å². The Morgan fingerprint density at radius 2 is 2.07 bits per heavy atom. The van der Waals surface area contributed by atoms with Gasteiger partial charge in [0.2, 0.25) is 11.7 Å². The molecule has 1 aliphatic rings. The minimum atomic E-state index is -0.807. The van der Waals surface area contributed by atoms with Gasteiger partial charge in [0.15, 0.2) is 0 Å². The number of carbonyl (C=O) groups excluding carboxylic acids is 2. The number of rotatable bonds is 4. The van der Waals surface area contributed by atoms with E-state index in [1.165, 1.54) is 7.11 Å². The van der Waals surface area contributed by atoms with Gasteiger partial charge in [0, 0.05) is 24.5 Å². The third-order valence-corrected chi connectivity index (χ3v) is 4.93. The summed E-state index contributed by atoms with van der Waals surface area (Å²) in [5, 5.41) is 2.94. The molecule has 0 bridgehead atoms. The molecule has 136 valence electrons. The fourth-order valence-electron chi connectivity index (χ4n) is 3.41. The van der Waals surface area contributed by atoms with E-state index in [0.717, 1.165) is 22.4 Å². The lowest BCUT2D eigenvalue weighted by molar-refractivity contribution is -0.120. The highest BCUT2D eigenvalue weighted by Gasteiger charge is 2.43. The minimum Gasteiger partial charge on any atom is -0.463 e. The number of carbonyl (C=O) groups is 2. The van der Waals surface area contributed by atoms with Crippen LogP contribution in [0.4, 0.5) is 5.69 Å². The van der Waals surface area contributed by atoms with Gasteiger partial charge in [0.1, 0.15) is 5.76 Å². The third kappa shape index (κ3) is 2.89. The van der Waals surface area contributed by atoms with Gasteiger partial charge in [-0.2, -0.15) is 0 Å². The summed E-state index contributed by atoms with van der Waals surface area (Å²) in [6.45, 7) is 1.88. The molecule has 4 rings (SSSR count). The fraction of sp³-hybridized carbons (Fsp3) is 0.190. The summed E-state index contributed by atoms with van der Waals surface area (Å²) in [5.41, 5.74) is 2.84. The number of aromatic nitrogens is 1. The van der Waals surface area contributed by atoms with Crippen LogP contribution in [0.5, 0.6) is 0 Å². The zero-order valence-corrected chi connectivity index (χ0v) is 15.0. The molecule has 1 N–H and O–H groups in total. The number of nitrogens with zero attached hydrogens (tertiary/aromatic N) is 1. The Labute approximate surface area is 156 Å². The van der Waals surface area contributed by atoms with E-state index in [-0.39, 0.29) is 11.7 Å². The predicted octanol–water partition coefficient (Wildman–Crippen LogP) is 3.58. The Kier molecular flexibility index (Phi) is 4.03. The Balaban J connectivity index is 1.71. The van der Waals surface area contributed by atoms with Crippen LogP contribution in [-0.2, 0) is 21.4 Å². The first kappa shape index (κ1) is 17.0. The van der Waals surface area contributed by atoms with Crippen molar-refractivity contribution in [3.63, 3.8) is 0 Å². The molecule has 0 aliphatic carbocycles. The van der Waals surface area contributed by atoms with Crippen LogP contribution >= 0.6 is 0 Å². The summed E-state index contributed by atoms with van der Waals surface area (Å²) < 4.78 is 10.2. The van der Waals surface area contributed by atoms with E-state index in [4.69, 9.17) is 4.42 Å². The quantitative estimate of drug-likeness (QED) is 0.718. The van der Waals surface area contributed by atoms with Crippen molar-refractivity contribution in [1.29, 1.82) is 0 Å². The molecular formula is C21H18N2O4. The molecule has 0 saturated carbocycles. The summed E-state index contributed by atoms with van der Waals surface area (Å²) in [6, 6.07) is 13.0. The predicted molar refractivity (Wildman–Crippen MR) is 99.4 cm³/mol. The van der Waals surface area contributed by atoms with Crippen LogP contribution in [0.2, 0.25) is 0 Å². The van der Waals surface area contributed by atoms with Gasteiger partial charge < -0.3 is 14.5 Å². The van der Waals surface area contributed by atoms with Gasteiger partial charge in [-0.15, -0.1) is 0 Å². The standard InChI is InChI=1S/C21H18N2O4/c1-21(11-15-6-8-18(27-15)19(24)26-2)16-10-13(14-4-3-9-22-12-14)5-7-17(16)23-20(21)25/h3-10,12H,11H2,1-2H3,(H,23,25). The Morgan fingerprint density at radius 1 is 1.22 bits per heavy atom. The SMILES string of the molecule is COC(=O)c1ccc(CC2(C)C(=O)Nc3ccc(-c4cccnc4)cc32)o1. The second-order valence-electron chi connectivity index (χ2n) is 6.72. The van der Waals surface area contributed by atoms with E-state index in [9.17, 15) is 9.59 Å². The van der Waals surface area contributed by atoms with Crippen LogP contribution in [0.15, 0.2) is 59.3 Å². The number of furan rings is 1. The lowest BCUT2D eigenvalue weighted by Gasteiger charge is -2.21. The van der Waals surface area contributed by atoms with Crippen LogP contribution in [-0.4, -0.2) is 24.0 Å². The maximum atomic E-state index is 12.7. The lowest BCUT2D eigenvalue weighted by Crippen LogP contribution is -2.33. The zero-order valence-electron chi connectivity index (χ0n) is 15.0. The van der Waals surface area contributed by atoms with E-state index in [1.807, 2.05) is 37.3 Å². The largest absolute Gasteiger partial charge is 0.463 e. The number of esters is 1. The smallest absolute Gasteiger partial charge is 0.373 e. The van der Waals surface area contributed by atoms with Gasteiger partial charge >= 0.3 is 5.97 Å². The highest BCUT2D eigenvalue weighted by Crippen LogP contribution is 2.42. The molecule has 1 atom stereocenters. The molecule has 0 fully saturated rings. The summed E-state index contributed by atoms with van der Waals surface area (Å²) in [7, 11) is 1.30. The van der Waals surface area contributed by atoms with Crippen molar-refractivity contribution in [2.24, 2.45) is 0 Å². The molecule has 3 aromatic rings. The Bertz CT molecular complexity index is 1030. The topological polar surface area (TPSA) is 81.4 Å². The summed E-state index contributed by atoms with van der Waals surface area (Å²) in [4.78, 5) is 28.5. The number of amides is 1. The van der Waals surface area contributed by atoms with Crippen molar-refractivity contribution in [1.82, 2.24) is 4.98 Å². The number of fused-ring (bicyclic) bond motifs is 1. The highest BCUT2D eigenvalue weighted by atomic mass is 16.5. The van der Waals surface area contributed by atoms with E-state index in [0.29, 0.717) is 12.2 Å². The number of benzene rings is 1. The van der Waals surface area contributed by atoms with E-state index in [2.05, 4.69) is 15.0 Å². The molecular weight excluding hydrogens is 344 g/mol. The molecule has 1 unspecified atom stereocenters. The van der Waals surface area contributed by atoms with Gasteiger partial charge in [0.05, 0.1) is 12.5 Å². The van der Waals surface area contributed by atoms with Crippen molar-refractivity contribution in [2.75, 3.05) is 12.4 Å². The van der Waals surface area contributed by atoms with Crippen molar-refractivity contribution in [3.8, 4) is 11.1 Å². The van der Waals surface area contributed by atoms with E-state index < -0.39 is 11.4 Å². The maximum absolute atomic E-state index is 12.7. The first-order valence-corrected chi connectivity index (χ1v) is 8.55. The number of hydrogen-bond donors (Lipinski definition) is 1. The van der Waals surface area contributed by atoms with Gasteiger partial charge in [-0.1, -0.05) is 12.1 Å². The molecule has 0 radical (unpaired) electrons. The summed E-state index contributed by atoms with van der Waals surface area (Å²) >= 11 is 0. The number of ether oxygens (including phenoxy) is 1. The number of methoxy groups -OCH3 is 1. The molecule has 6 heteroatoms. The molecule has 1 aliphatic heterocycles. The fourth-order valence-corrected chi connectivity index (χ4v) is 3.41. The normalized spacial score (nSPS) is 18.1. The second kappa shape index (κ2) is 6.39. The van der Waals surface area contributed by atoms with Crippen molar-refractivity contribution in [3.05, 3.63) is 71.9 Å². The van der Waals surface area contributed by atoms with Crippen molar-refractivity contribution >= 4 is 17.6 Å². The van der Waals surface area contributed by atoms with Crippen LogP contribution in [0.3, 0.4) is 0 Å². The maximum Gasteiger partial charge on any atom is 0.373 e. The van der Waals surface area contributed by atoms with Gasteiger partial charge in [-0.25, -0.2) is 4.79 Å². The average molecular weight is 362 g/mol. The van der Waals surface area contributed by atoms with Gasteiger partial charge in [-0.3, -0.25) is 9.78 Å². The molecule has 3 heterocycles. The van der Waals surface area contributed by atoms with Crippen LogP contribution in [0.1, 0.15) is 28.8 Å². The monoisotopic (exact) mass is 362 g/mol. The second-order valence-corrected chi connectivity index (χ2v) is 6.72. The van der Waals surface area contributed by atoms with Gasteiger partial charge in [-0.05, 0) is 53.9 Å². The molecule has 0 spiro atoms. The van der Waals surface area contributed by atoms with Crippen molar-refractivity contribution in [2.45, 2.75) is 18.8 Å². The minimum absolute atomic E-state index is 0.100. The molecule has 1 aromatic carbocycles. The van der Waals surface area contributed by atoms with Crippen LogP contribution in [0, 0.1) is 0 Å². The van der Waals surface area contributed by atoms with E-state index >= 15 is 0 Å². The van der Waals surface area contributed by atoms with E-state index in [1.54, 1.807) is 24.5 Å². The number of anilines is 1. The Hall–Kier alpha value is -3.41. The number of pyridine rings is 1. The first-order chi connectivity index (χ1) is 13.0. The molecule has 27 heavy (non-hydrogen) atoms. The third-order valence-electron chi connectivity index (χ3n) is 4.93. The zero-order chi connectivity index (χ0) is 19.0. The first-order valence-electron chi connectivity index (χ1n) is 8.55. The Morgan fingerprint density at radius 3 is 2.81 bits per heavy atom. The number of hydrogen-bond acceptors (Lipinski definition) is 5. The molecule has 0 saturated heterocycles.